The van der Waals surface area contributed by atoms with Gasteiger partial charge in [0.25, 0.3) is 0 Å². The van der Waals surface area contributed by atoms with Gasteiger partial charge in [-0.15, -0.1) is 11.3 Å². The van der Waals surface area contributed by atoms with Crippen LogP contribution in [0.4, 0.5) is 14.9 Å². The lowest BCUT2D eigenvalue weighted by atomic mass is 10.2. The van der Waals surface area contributed by atoms with Crippen LogP contribution in [0, 0.1) is 12.7 Å². The maximum Gasteiger partial charge on any atom is 0.335 e. The number of nitrogens with zero attached hydrogens (tertiary/aromatic N) is 1. The number of thiazole rings is 1. The van der Waals surface area contributed by atoms with Gasteiger partial charge in [0.05, 0.1) is 29.0 Å². The quantitative estimate of drug-likeness (QED) is 0.809. The number of urea groups is 1. The Morgan fingerprint density at radius 3 is 2.81 bits per heavy atom. The van der Waals surface area contributed by atoms with E-state index >= 15 is 0 Å². The van der Waals surface area contributed by atoms with Gasteiger partial charge in [-0.3, -0.25) is 0 Å². The molecule has 0 fully saturated rings. The van der Waals surface area contributed by atoms with Gasteiger partial charge < -0.3 is 15.7 Å². The highest BCUT2D eigenvalue weighted by Gasteiger charge is 2.11. The van der Waals surface area contributed by atoms with Crippen LogP contribution < -0.4 is 10.6 Å². The van der Waals surface area contributed by atoms with Crippen LogP contribution in [0.1, 0.15) is 20.9 Å². The summed E-state index contributed by atoms with van der Waals surface area (Å²) >= 11 is 1.40. The smallest absolute Gasteiger partial charge is 0.335 e. The highest BCUT2D eigenvalue weighted by molar-refractivity contribution is 7.09. The Hall–Kier alpha value is -2.48. The fourth-order valence-electron chi connectivity index (χ4n) is 1.58. The number of carbonyl (C=O) groups is 2. The van der Waals surface area contributed by atoms with Crippen LogP contribution in [0.5, 0.6) is 0 Å². The average molecular weight is 309 g/mol. The fourth-order valence-corrected chi connectivity index (χ4v) is 2.29. The van der Waals surface area contributed by atoms with Crippen molar-refractivity contribution in [3.8, 4) is 0 Å². The van der Waals surface area contributed by atoms with Crippen LogP contribution in [-0.4, -0.2) is 22.1 Å². The zero-order chi connectivity index (χ0) is 15.4. The van der Waals surface area contributed by atoms with Gasteiger partial charge in [-0.05, 0) is 25.1 Å². The number of amides is 2. The number of carboxylic acids is 1. The molecule has 0 spiro atoms. The summed E-state index contributed by atoms with van der Waals surface area (Å²) < 4.78 is 13.5. The van der Waals surface area contributed by atoms with Crippen molar-refractivity contribution in [2.45, 2.75) is 13.5 Å². The van der Waals surface area contributed by atoms with Crippen LogP contribution in [0.25, 0.3) is 0 Å². The summed E-state index contributed by atoms with van der Waals surface area (Å²) in [6.07, 6.45) is 0. The Kier molecular flexibility index (Phi) is 4.49. The lowest BCUT2D eigenvalue weighted by Gasteiger charge is -2.08. The Labute approximate surface area is 123 Å². The molecule has 8 heteroatoms. The molecule has 2 amide bonds. The first-order chi connectivity index (χ1) is 9.97. The summed E-state index contributed by atoms with van der Waals surface area (Å²) in [4.78, 5) is 27.5. The van der Waals surface area contributed by atoms with Crippen LogP contribution in [-0.2, 0) is 6.54 Å². The van der Waals surface area contributed by atoms with E-state index in [2.05, 4.69) is 15.6 Å². The number of aromatic nitrogens is 1. The number of nitrogens with one attached hydrogen (secondary N) is 2. The second-order valence-electron chi connectivity index (χ2n) is 4.17. The van der Waals surface area contributed by atoms with Crippen LogP contribution >= 0.6 is 11.3 Å². The third-order valence-electron chi connectivity index (χ3n) is 2.72. The summed E-state index contributed by atoms with van der Waals surface area (Å²) in [7, 11) is 0. The SMILES string of the molecule is Cc1ncsc1CNC(=O)Nc1cc(C(=O)O)ccc1F. The molecule has 0 bridgehead atoms. The maximum atomic E-state index is 13.5. The van der Waals surface area contributed by atoms with Crippen molar-refractivity contribution in [2.75, 3.05) is 5.32 Å². The minimum absolute atomic E-state index is 0.106. The summed E-state index contributed by atoms with van der Waals surface area (Å²) in [5.74, 6) is -1.90. The normalized spacial score (nSPS) is 10.2. The Morgan fingerprint density at radius 2 is 2.19 bits per heavy atom. The first-order valence-electron chi connectivity index (χ1n) is 5.94. The average Bonchev–Trinajstić information content (AvgIpc) is 2.84. The molecule has 0 aliphatic heterocycles. The third kappa shape index (κ3) is 3.76. The maximum absolute atomic E-state index is 13.5. The van der Waals surface area contributed by atoms with E-state index in [1.165, 1.54) is 11.3 Å². The molecule has 6 nitrogen and oxygen atoms in total. The van der Waals surface area contributed by atoms with Crippen molar-refractivity contribution in [1.82, 2.24) is 10.3 Å². The Morgan fingerprint density at radius 1 is 1.43 bits per heavy atom. The molecular formula is C13H12FN3O3S. The van der Waals surface area contributed by atoms with E-state index in [-0.39, 0.29) is 17.8 Å². The standard InChI is InChI=1S/C13H12FN3O3S/c1-7-11(21-6-16-7)5-15-13(20)17-10-4-8(12(18)19)2-3-9(10)14/h2-4,6H,5H2,1H3,(H,18,19)(H2,15,17,20). The molecule has 2 aromatic rings. The fraction of sp³-hybridized carbons (Fsp3) is 0.154. The molecule has 3 N–H and O–H groups in total. The molecular weight excluding hydrogens is 297 g/mol. The van der Waals surface area contributed by atoms with Crippen molar-refractivity contribution >= 4 is 29.0 Å². The monoisotopic (exact) mass is 309 g/mol. The molecule has 0 aliphatic carbocycles. The van der Waals surface area contributed by atoms with Crippen LogP contribution in [0.15, 0.2) is 23.7 Å². The Bertz CT molecular complexity index is 687. The molecule has 0 saturated heterocycles. The van der Waals surface area contributed by atoms with Gasteiger partial charge >= 0.3 is 12.0 Å². The zero-order valence-corrected chi connectivity index (χ0v) is 11.8. The number of hydrogen-bond donors (Lipinski definition) is 3. The van der Waals surface area contributed by atoms with Gasteiger partial charge in [0.1, 0.15) is 5.82 Å². The molecule has 2 rings (SSSR count). The minimum atomic E-state index is -1.20. The zero-order valence-electron chi connectivity index (χ0n) is 11.0. The predicted octanol–water partition coefficient (Wildman–Crippen LogP) is 2.61. The molecule has 110 valence electrons. The second-order valence-corrected chi connectivity index (χ2v) is 5.11. The molecule has 1 heterocycles. The van der Waals surface area contributed by atoms with E-state index in [0.717, 1.165) is 28.8 Å². The van der Waals surface area contributed by atoms with E-state index in [0.29, 0.717) is 0 Å². The van der Waals surface area contributed by atoms with Gasteiger partial charge in [-0.1, -0.05) is 0 Å². The molecule has 1 aromatic carbocycles. The topological polar surface area (TPSA) is 91.3 Å². The number of anilines is 1. The van der Waals surface area contributed by atoms with Gasteiger partial charge in [0.15, 0.2) is 0 Å². The summed E-state index contributed by atoms with van der Waals surface area (Å²) in [5.41, 5.74) is 2.19. The molecule has 0 saturated carbocycles. The highest BCUT2D eigenvalue weighted by Crippen LogP contribution is 2.16. The molecule has 0 aliphatic rings. The van der Waals surface area contributed by atoms with E-state index in [1.807, 2.05) is 6.92 Å². The predicted molar refractivity (Wildman–Crippen MR) is 76.1 cm³/mol. The lowest BCUT2D eigenvalue weighted by Crippen LogP contribution is -2.28. The van der Waals surface area contributed by atoms with Gasteiger partial charge in [0.2, 0.25) is 0 Å². The number of carbonyl (C=O) groups excluding carboxylic acids is 1. The summed E-state index contributed by atoms with van der Waals surface area (Å²) in [6.45, 7) is 2.09. The minimum Gasteiger partial charge on any atom is -0.478 e. The van der Waals surface area contributed by atoms with Gasteiger partial charge in [-0.25, -0.2) is 19.0 Å². The number of aryl methyl sites for hydroxylation is 1. The summed E-state index contributed by atoms with van der Waals surface area (Å²) in [6, 6.07) is 2.56. The third-order valence-corrected chi connectivity index (χ3v) is 3.65. The number of carboxylic acid groups (broad SMARTS) is 1. The van der Waals surface area contributed by atoms with Crippen molar-refractivity contribution in [3.63, 3.8) is 0 Å². The largest absolute Gasteiger partial charge is 0.478 e. The van der Waals surface area contributed by atoms with Gasteiger partial charge in [-0.2, -0.15) is 0 Å². The second kappa shape index (κ2) is 6.31. The first kappa shape index (κ1) is 14.9. The number of halogens is 1. The van der Waals surface area contributed by atoms with E-state index < -0.39 is 17.8 Å². The molecule has 0 atom stereocenters. The molecule has 0 radical (unpaired) electrons. The number of rotatable bonds is 4. The van der Waals surface area contributed by atoms with Crippen LogP contribution in [0.2, 0.25) is 0 Å². The lowest BCUT2D eigenvalue weighted by molar-refractivity contribution is 0.0697. The van der Waals surface area contributed by atoms with Crippen molar-refractivity contribution in [3.05, 3.63) is 45.7 Å². The van der Waals surface area contributed by atoms with E-state index in [1.54, 1.807) is 5.51 Å². The molecule has 0 unspecified atom stereocenters. The number of benzene rings is 1. The van der Waals surface area contributed by atoms with Crippen molar-refractivity contribution in [1.29, 1.82) is 0 Å². The van der Waals surface area contributed by atoms with Crippen molar-refractivity contribution < 1.29 is 19.1 Å². The van der Waals surface area contributed by atoms with Crippen molar-refractivity contribution in [2.24, 2.45) is 0 Å². The molecule has 1 aromatic heterocycles. The van der Waals surface area contributed by atoms with E-state index in [9.17, 15) is 14.0 Å². The van der Waals surface area contributed by atoms with Gasteiger partial charge in [0, 0.05) is 4.88 Å². The number of aromatic carboxylic acids is 1. The summed E-state index contributed by atoms with van der Waals surface area (Å²) in [5, 5.41) is 13.7. The first-order valence-corrected chi connectivity index (χ1v) is 6.82. The van der Waals surface area contributed by atoms with Crippen LogP contribution in [0.3, 0.4) is 0 Å². The Balaban J connectivity index is 2.01. The molecule has 21 heavy (non-hydrogen) atoms. The number of hydrogen-bond acceptors (Lipinski definition) is 4. The highest BCUT2D eigenvalue weighted by atomic mass is 32.1. The van der Waals surface area contributed by atoms with E-state index in [4.69, 9.17) is 5.11 Å².